The molecule has 2 aromatic rings. The minimum atomic E-state index is 0.00411. The van der Waals surface area contributed by atoms with Crippen LogP contribution in [-0.4, -0.2) is 21.9 Å². The summed E-state index contributed by atoms with van der Waals surface area (Å²) < 4.78 is 1.82. The molecule has 0 radical (unpaired) electrons. The second kappa shape index (κ2) is 5.05. The van der Waals surface area contributed by atoms with Crippen molar-refractivity contribution in [2.45, 2.75) is 27.4 Å². The first-order chi connectivity index (χ1) is 8.93. The zero-order valence-corrected chi connectivity index (χ0v) is 12.2. The molecule has 102 valence electrons. The van der Waals surface area contributed by atoms with Crippen LogP contribution in [0, 0.1) is 20.8 Å². The van der Waals surface area contributed by atoms with E-state index in [1.165, 1.54) is 11.1 Å². The van der Waals surface area contributed by atoms with Crippen LogP contribution in [0.4, 0.5) is 11.5 Å². The van der Waals surface area contributed by atoms with Gasteiger partial charge in [0.05, 0.1) is 12.3 Å². The predicted molar refractivity (Wildman–Crippen MR) is 77.8 cm³/mol. The molecule has 0 unspecified atom stereocenters. The van der Waals surface area contributed by atoms with Crippen LogP contribution in [-0.2, 0) is 13.7 Å². The number of anilines is 2. The van der Waals surface area contributed by atoms with Gasteiger partial charge < -0.3 is 10.0 Å². The molecular weight excluding hydrogens is 238 g/mol. The van der Waals surface area contributed by atoms with E-state index in [0.29, 0.717) is 0 Å². The number of nitrogens with zero attached hydrogens (tertiary/aromatic N) is 3. The van der Waals surface area contributed by atoms with Gasteiger partial charge in [0.25, 0.3) is 0 Å². The Labute approximate surface area is 114 Å². The fraction of sp³-hybridized carbons (Fsp3) is 0.400. The van der Waals surface area contributed by atoms with Crippen molar-refractivity contribution in [3.8, 4) is 0 Å². The van der Waals surface area contributed by atoms with E-state index in [1.54, 1.807) is 0 Å². The second-order valence-corrected chi connectivity index (χ2v) is 5.07. The molecule has 1 N–H and O–H groups in total. The number of aryl methyl sites for hydroxylation is 4. The molecule has 0 aliphatic heterocycles. The van der Waals surface area contributed by atoms with Gasteiger partial charge in [-0.25, -0.2) is 0 Å². The van der Waals surface area contributed by atoms with Crippen LogP contribution >= 0.6 is 0 Å². The van der Waals surface area contributed by atoms with Crippen LogP contribution in [0.3, 0.4) is 0 Å². The van der Waals surface area contributed by atoms with Crippen LogP contribution in [0.15, 0.2) is 18.2 Å². The Balaban J connectivity index is 2.52. The monoisotopic (exact) mass is 259 g/mol. The molecule has 0 saturated carbocycles. The van der Waals surface area contributed by atoms with Gasteiger partial charge in [-0.05, 0) is 44.0 Å². The van der Waals surface area contributed by atoms with Gasteiger partial charge in [0.2, 0.25) is 0 Å². The van der Waals surface area contributed by atoms with E-state index in [1.807, 2.05) is 25.7 Å². The van der Waals surface area contributed by atoms with E-state index in [-0.39, 0.29) is 6.61 Å². The largest absolute Gasteiger partial charge is 0.391 e. The second-order valence-electron chi connectivity index (χ2n) is 5.07. The average molecular weight is 259 g/mol. The number of hydrogen-bond acceptors (Lipinski definition) is 3. The van der Waals surface area contributed by atoms with Gasteiger partial charge >= 0.3 is 0 Å². The van der Waals surface area contributed by atoms with E-state index in [2.05, 4.69) is 42.0 Å². The van der Waals surface area contributed by atoms with Gasteiger partial charge in [0, 0.05) is 25.3 Å². The smallest absolute Gasteiger partial charge is 0.136 e. The van der Waals surface area contributed by atoms with Crippen molar-refractivity contribution < 1.29 is 5.11 Å². The van der Waals surface area contributed by atoms with E-state index in [9.17, 15) is 5.11 Å². The molecule has 4 nitrogen and oxygen atoms in total. The summed E-state index contributed by atoms with van der Waals surface area (Å²) in [7, 11) is 3.91. The van der Waals surface area contributed by atoms with Crippen LogP contribution in [0.1, 0.15) is 22.4 Å². The summed E-state index contributed by atoms with van der Waals surface area (Å²) in [5.74, 6) is 0.935. The zero-order chi connectivity index (χ0) is 14.2. The lowest BCUT2D eigenvalue weighted by Crippen LogP contribution is -2.15. The molecule has 0 aliphatic rings. The summed E-state index contributed by atoms with van der Waals surface area (Å²) in [5.41, 5.74) is 5.31. The van der Waals surface area contributed by atoms with Gasteiger partial charge in [-0.15, -0.1) is 0 Å². The first kappa shape index (κ1) is 13.6. The maximum Gasteiger partial charge on any atom is 0.136 e. The number of aliphatic hydroxyl groups is 1. The number of aliphatic hydroxyl groups excluding tert-OH is 1. The lowest BCUT2D eigenvalue weighted by Gasteiger charge is -2.22. The van der Waals surface area contributed by atoms with Gasteiger partial charge in [0.15, 0.2) is 0 Å². The molecule has 0 saturated heterocycles. The van der Waals surface area contributed by atoms with Crippen LogP contribution in [0.2, 0.25) is 0 Å². The van der Waals surface area contributed by atoms with Crippen molar-refractivity contribution in [1.82, 2.24) is 9.78 Å². The fourth-order valence-electron chi connectivity index (χ4n) is 2.56. The van der Waals surface area contributed by atoms with E-state index in [0.717, 1.165) is 22.8 Å². The molecule has 0 amide bonds. The number of aromatic nitrogens is 2. The zero-order valence-electron chi connectivity index (χ0n) is 12.2. The van der Waals surface area contributed by atoms with Crippen LogP contribution in [0.25, 0.3) is 0 Å². The summed E-state index contributed by atoms with van der Waals surface area (Å²) >= 11 is 0. The Morgan fingerprint density at radius 2 is 1.74 bits per heavy atom. The van der Waals surface area contributed by atoms with Crippen molar-refractivity contribution in [3.63, 3.8) is 0 Å². The fourth-order valence-corrected chi connectivity index (χ4v) is 2.56. The lowest BCUT2D eigenvalue weighted by atomic mass is 10.1. The van der Waals surface area contributed by atoms with Gasteiger partial charge in [0.1, 0.15) is 5.82 Å². The van der Waals surface area contributed by atoms with Crippen molar-refractivity contribution >= 4 is 11.5 Å². The van der Waals surface area contributed by atoms with Crippen LogP contribution in [0.5, 0.6) is 0 Å². The SMILES string of the molecule is Cc1cc(C)cc(N(C)c2c(CO)c(C)nn2C)c1. The average Bonchev–Trinajstić information content (AvgIpc) is 2.61. The normalized spacial score (nSPS) is 10.8. The quantitative estimate of drug-likeness (QED) is 0.921. The maximum absolute atomic E-state index is 9.54. The Morgan fingerprint density at radius 3 is 2.26 bits per heavy atom. The first-order valence-corrected chi connectivity index (χ1v) is 6.39. The molecule has 1 aromatic carbocycles. The molecule has 1 heterocycles. The molecule has 4 heteroatoms. The highest BCUT2D eigenvalue weighted by molar-refractivity contribution is 5.64. The number of hydrogen-bond donors (Lipinski definition) is 1. The Kier molecular flexibility index (Phi) is 3.62. The number of rotatable bonds is 3. The van der Waals surface area contributed by atoms with Gasteiger partial charge in [-0.1, -0.05) is 6.07 Å². The minimum absolute atomic E-state index is 0.00411. The summed E-state index contributed by atoms with van der Waals surface area (Å²) in [6.07, 6.45) is 0. The predicted octanol–water partition coefficient (Wildman–Crippen LogP) is 2.61. The van der Waals surface area contributed by atoms with Gasteiger partial charge in [-0.3, -0.25) is 4.68 Å². The Hall–Kier alpha value is -1.81. The first-order valence-electron chi connectivity index (χ1n) is 6.39. The Morgan fingerprint density at radius 1 is 1.16 bits per heavy atom. The van der Waals surface area contributed by atoms with Crippen molar-refractivity contribution in [1.29, 1.82) is 0 Å². The highest BCUT2D eigenvalue weighted by Crippen LogP contribution is 2.29. The Bertz CT molecular complexity index is 581. The van der Waals surface area contributed by atoms with Crippen molar-refractivity contribution in [2.75, 3.05) is 11.9 Å². The van der Waals surface area contributed by atoms with Crippen LogP contribution < -0.4 is 4.90 Å². The molecule has 2 rings (SSSR count). The third-order valence-corrected chi connectivity index (χ3v) is 3.38. The minimum Gasteiger partial charge on any atom is -0.391 e. The molecule has 0 atom stereocenters. The maximum atomic E-state index is 9.54. The third kappa shape index (κ3) is 2.49. The topological polar surface area (TPSA) is 41.3 Å². The summed E-state index contributed by atoms with van der Waals surface area (Å²) in [6.45, 7) is 6.10. The van der Waals surface area contributed by atoms with E-state index in [4.69, 9.17) is 0 Å². The molecule has 0 bridgehead atoms. The summed E-state index contributed by atoms with van der Waals surface area (Å²) in [5, 5.41) is 13.9. The molecule has 0 spiro atoms. The molecule has 19 heavy (non-hydrogen) atoms. The molecule has 0 aliphatic carbocycles. The third-order valence-electron chi connectivity index (χ3n) is 3.38. The van der Waals surface area contributed by atoms with Gasteiger partial charge in [-0.2, -0.15) is 5.10 Å². The van der Waals surface area contributed by atoms with Crippen molar-refractivity contribution in [3.05, 3.63) is 40.6 Å². The molecule has 0 fully saturated rings. The highest BCUT2D eigenvalue weighted by Gasteiger charge is 2.17. The van der Waals surface area contributed by atoms with E-state index >= 15 is 0 Å². The standard InChI is InChI=1S/C15H21N3O/c1-10-6-11(2)8-13(7-10)17(4)15-14(9-19)12(3)16-18(15)5/h6-8,19H,9H2,1-5H3. The summed E-state index contributed by atoms with van der Waals surface area (Å²) in [6, 6.07) is 6.42. The molecule has 1 aromatic heterocycles. The highest BCUT2D eigenvalue weighted by atomic mass is 16.3. The van der Waals surface area contributed by atoms with E-state index < -0.39 is 0 Å². The van der Waals surface area contributed by atoms with Crippen molar-refractivity contribution in [2.24, 2.45) is 7.05 Å². The molecular formula is C15H21N3O. The lowest BCUT2D eigenvalue weighted by molar-refractivity contribution is 0.281. The summed E-state index contributed by atoms with van der Waals surface area (Å²) in [4.78, 5) is 2.07. The number of benzene rings is 1.